The minimum Gasteiger partial charge on any atom is -0.337 e. The molecule has 0 saturated carbocycles. The van der Waals surface area contributed by atoms with Crippen molar-refractivity contribution in [2.75, 3.05) is 13.3 Å². The maximum atomic E-state index is 14.2. The second kappa shape index (κ2) is 7.92. The molecule has 0 aliphatic rings. The lowest BCUT2D eigenvalue weighted by Gasteiger charge is -2.17. The molecule has 0 spiro atoms. The zero-order chi connectivity index (χ0) is 19.6. The first kappa shape index (κ1) is 19.1. The molecule has 0 unspecified atom stereocenters. The number of amides is 1. The molecule has 0 saturated heterocycles. The van der Waals surface area contributed by atoms with Crippen molar-refractivity contribution in [3.8, 4) is 11.3 Å². The molecule has 4 nitrogen and oxygen atoms in total. The highest BCUT2D eigenvalue weighted by molar-refractivity contribution is 7.98. The summed E-state index contributed by atoms with van der Waals surface area (Å²) >= 11 is 1.65. The highest BCUT2D eigenvalue weighted by Crippen LogP contribution is 2.26. The van der Waals surface area contributed by atoms with E-state index >= 15 is 0 Å². The average molecular weight is 387 g/mol. The molecule has 0 N–H and O–H groups in total. The summed E-state index contributed by atoms with van der Waals surface area (Å²) in [7, 11) is 3.34. The Balaban J connectivity index is 1.88. The fourth-order valence-electron chi connectivity index (χ4n) is 2.81. The number of nitrogens with zero attached hydrogens (tertiary/aromatic N) is 3. The highest BCUT2D eigenvalue weighted by atomic mass is 32.2. The second-order valence-corrected chi connectivity index (χ2v) is 7.08. The van der Waals surface area contributed by atoms with Crippen molar-refractivity contribution in [1.82, 2.24) is 14.7 Å². The van der Waals surface area contributed by atoms with E-state index in [2.05, 4.69) is 5.10 Å². The van der Waals surface area contributed by atoms with Gasteiger partial charge in [0.2, 0.25) is 0 Å². The van der Waals surface area contributed by atoms with Gasteiger partial charge in [0.1, 0.15) is 17.3 Å². The molecule has 0 atom stereocenters. The first-order valence-corrected chi connectivity index (χ1v) is 9.49. The lowest BCUT2D eigenvalue weighted by molar-refractivity contribution is 0.0785. The van der Waals surface area contributed by atoms with Crippen molar-refractivity contribution in [1.29, 1.82) is 0 Å². The molecule has 3 rings (SSSR count). The van der Waals surface area contributed by atoms with E-state index < -0.39 is 11.6 Å². The van der Waals surface area contributed by atoms with Gasteiger partial charge < -0.3 is 4.90 Å². The minimum absolute atomic E-state index is 0.0954. The topological polar surface area (TPSA) is 38.1 Å². The number of carbonyl (C=O) groups is 1. The van der Waals surface area contributed by atoms with Crippen LogP contribution in [0.2, 0.25) is 0 Å². The molecule has 1 amide bonds. The van der Waals surface area contributed by atoms with Crippen molar-refractivity contribution in [2.24, 2.45) is 7.05 Å². The number of benzene rings is 2. The summed E-state index contributed by atoms with van der Waals surface area (Å²) in [5, 5.41) is 4.21. The maximum absolute atomic E-state index is 14.2. The predicted molar refractivity (Wildman–Crippen MR) is 103 cm³/mol. The average Bonchev–Trinajstić information content (AvgIpc) is 3.03. The Labute approximate surface area is 160 Å². The van der Waals surface area contributed by atoms with Crippen molar-refractivity contribution in [3.63, 3.8) is 0 Å². The van der Waals surface area contributed by atoms with Crippen LogP contribution in [-0.4, -0.2) is 33.9 Å². The number of thioether (sulfide) groups is 1. The van der Waals surface area contributed by atoms with Crippen LogP contribution in [0.1, 0.15) is 15.9 Å². The summed E-state index contributed by atoms with van der Waals surface area (Å²) in [6.07, 6.45) is 3.55. The molecule has 27 heavy (non-hydrogen) atoms. The molecule has 140 valence electrons. The van der Waals surface area contributed by atoms with Gasteiger partial charge in [-0.15, -0.1) is 11.8 Å². The van der Waals surface area contributed by atoms with E-state index in [1.165, 1.54) is 10.7 Å². The Kier molecular flexibility index (Phi) is 5.60. The fourth-order valence-corrected chi connectivity index (χ4v) is 3.22. The van der Waals surface area contributed by atoms with E-state index in [9.17, 15) is 13.6 Å². The molecule has 0 radical (unpaired) electrons. The van der Waals surface area contributed by atoms with Gasteiger partial charge in [0.05, 0.1) is 5.56 Å². The van der Waals surface area contributed by atoms with Crippen molar-refractivity contribution < 1.29 is 13.6 Å². The molecule has 0 fully saturated rings. The third-order valence-corrected chi connectivity index (χ3v) is 4.91. The SMILES string of the molecule is CSc1ccc(CN(C)C(=O)c2cn(C)nc2-c2ccc(F)cc2F)cc1. The lowest BCUT2D eigenvalue weighted by Crippen LogP contribution is -2.26. The van der Waals surface area contributed by atoms with Gasteiger partial charge in [-0.25, -0.2) is 8.78 Å². The quantitative estimate of drug-likeness (QED) is 0.611. The van der Waals surface area contributed by atoms with Gasteiger partial charge in [0.15, 0.2) is 0 Å². The molecule has 1 aromatic heterocycles. The molecule has 0 bridgehead atoms. The van der Waals surface area contributed by atoms with Crippen molar-refractivity contribution in [3.05, 3.63) is 71.4 Å². The third kappa shape index (κ3) is 4.19. The fraction of sp³-hybridized carbons (Fsp3) is 0.200. The number of halogens is 2. The molecule has 0 aliphatic heterocycles. The number of hydrogen-bond acceptors (Lipinski definition) is 3. The van der Waals surface area contributed by atoms with E-state index in [1.54, 1.807) is 37.0 Å². The maximum Gasteiger partial charge on any atom is 0.257 e. The largest absolute Gasteiger partial charge is 0.337 e. The van der Waals surface area contributed by atoms with E-state index in [0.29, 0.717) is 6.54 Å². The number of aromatic nitrogens is 2. The molecular formula is C20H19F2N3OS. The molecule has 7 heteroatoms. The van der Waals surface area contributed by atoms with E-state index in [0.717, 1.165) is 22.6 Å². The van der Waals surface area contributed by atoms with E-state index in [-0.39, 0.29) is 22.7 Å². The first-order chi connectivity index (χ1) is 12.9. The monoisotopic (exact) mass is 387 g/mol. The zero-order valence-electron chi connectivity index (χ0n) is 15.2. The second-order valence-electron chi connectivity index (χ2n) is 6.20. The number of hydrogen-bond donors (Lipinski definition) is 0. The summed E-state index contributed by atoms with van der Waals surface area (Å²) in [5.41, 5.74) is 1.55. The summed E-state index contributed by atoms with van der Waals surface area (Å²) in [6, 6.07) is 11.2. The Morgan fingerprint density at radius 3 is 2.52 bits per heavy atom. The smallest absolute Gasteiger partial charge is 0.257 e. The Bertz CT molecular complexity index is 970. The van der Waals surface area contributed by atoms with Crippen molar-refractivity contribution >= 4 is 17.7 Å². The van der Waals surface area contributed by atoms with Gasteiger partial charge in [-0.1, -0.05) is 12.1 Å². The number of rotatable bonds is 5. The van der Waals surface area contributed by atoms with Gasteiger partial charge in [-0.05, 0) is 36.1 Å². The van der Waals surface area contributed by atoms with Crippen molar-refractivity contribution in [2.45, 2.75) is 11.4 Å². The summed E-state index contributed by atoms with van der Waals surface area (Å²) in [4.78, 5) is 15.6. The summed E-state index contributed by atoms with van der Waals surface area (Å²) < 4.78 is 28.9. The molecule has 0 aliphatic carbocycles. The third-order valence-electron chi connectivity index (χ3n) is 4.17. The van der Waals surface area contributed by atoms with Crippen LogP contribution in [0.4, 0.5) is 8.78 Å². The lowest BCUT2D eigenvalue weighted by atomic mass is 10.1. The van der Waals surface area contributed by atoms with Crippen LogP contribution >= 0.6 is 11.8 Å². The van der Waals surface area contributed by atoms with Crippen LogP contribution in [-0.2, 0) is 13.6 Å². The standard InChI is InChI=1S/C20H19F2N3OS/c1-24(11-13-4-7-15(27-3)8-5-13)20(26)17-12-25(2)23-19(17)16-9-6-14(21)10-18(16)22/h4-10,12H,11H2,1-3H3. The van der Waals surface area contributed by atoms with Gasteiger partial charge in [0.25, 0.3) is 5.91 Å². The summed E-state index contributed by atoms with van der Waals surface area (Å²) in [5.74, 6) is -1.71. The van der Waals surface area contributed by atoms with Crippen LogP contribution in [0.5, 0.6) is 0 Å². The number of aryl methyl sites for hydroxylation is 1. The molecule has 3 aromatic rings. The molecular weight excluding hydrogens is 368 g/mol. The van der Waals surface area contributed by atoms with Crippen LogP contribution < -0.4 is 0 Å². The summed E-state index contributed by atoms with van der Waals surface area (Å²) in [6.45, 7) is 0.410. The number of carbonyl (C=O) groups excluding carboxylic acids is 1. The predicted octanol–water partition coefficient (Wildman–Crippen LogP) is 4.36. The highest BCUT2D eigenvalue weighted by Gasteiger charge is 2.22. The normalized spacial score (nSPS) is 10.9. The first-order valence-electron chi connectivity index (χ1n) is 8.26. The molecule has 2 aromatic carbocycles. The van der Waals surface area contributed by atoms with E-state index in [4.69, 9.17) is 0 Å². The Morgan fingerprint density at radius 2 is 1.89 bits per heavy atom. The van der Waals surface area contributed by atoms with Gasteiger partial charge >= 0.3 is 0 Å². The Hall–Kier alpha value is -2.67. The minimum atomic E-state index is -0.752. The Morgan fingerprint density at radius 1 is 1.19 bits per heavy atom. The molecule has 1 heterocycles. The van der Waals surface area contributed by atoms with Gasteiger partial charge in [0, 0.05) is 43.4 Å². The van der Waals surface area contributed by atoms with Crippen LogP contribution in [0.3, 0.4) is 0 Å². The van der Waals surface area contributed by atoms with Gasteiger partial charge in [-0.3, -0.25) is 9.48 Å². The zero-order valence-corrected chi connectivity index (χ0v) is 16.1. The van der Waals surface area contributed by atoms with Gasteiger partial charge in [-0.2, -0.15) is 5.10 Å². The van der Waals surface area contributed by atoms with Crippen LogP contribution in [0.25, 0.3) is 11.3 Å². The van der Waals surface area contributed by atoms with E-state index in [1.807, 2.05) is 30.5 Å². The van der Waals surface area contributed by atoms with Crippen LogP contribution in [0, 0.1) is 11.6 Å². The van der Waals surface area contributed by atoms with Crippen LogP contribution in [0.15, 0.2) is 53.6 Å².